The molecule has 0 radical (unpaired) electrons. The highest BCUT2D eigenvalue weighted by molar-refractivity contribution is 6.23. The molecule has 0 aliphatic carbocycles. The normalized spacial score (nSPS) is 24.0. The molecule has 174 valence electrons. The second-order valence-electron chi connectivity index (χ2n) is 9.31. The van der Waals surface area contributed by atoms with Gasteiger partial charge >= 0.3 is 6.03 Å². The van der Waals surface area contributed by atoms with Gasteiger partial charge in [0.15, 0.2) is 5.54 Å². The molecule has 8 heteroatoms. The molecule has 0 bridgehead atoms. The Hall–Kier alpha value is -3.65. The monoisotopic (exact) mass is 458 g/mol. The third-order valence-corrected chi connectivity index (χ3v) is 7.37. The number of fused-ring (bicyclic) bond motifs is 5. The second kappa shape index (κ2) is 7.70. The smallest absolute Gasteiger partial charge is 0.332 e. The standard InChI is InChI=1S/C26H26N4O4/c1-26-22-20(19-6-2-3-7-21(19)28-22)12-13-29(26)25(33)30(24(26)32)17-10-8-16(9-11-17)23(31)27-15-18-5-4-14-34-18/h2-3,6-11,18,28H,4-5,12-15H2,1H3,(H,27,31). The molecular weight excluding hydrogens is 432 g/mol. The van der Waals surface area contributed by atoms with Crippen molar-refractivity contribution < 1.29 is 19.1 Å². The Morgan fingerprint density at radius 3 is 2.74 bits per heavy atom. The summed E-state index contributed by atoms with van der Waals surface area (Å²) in [7, 11) is 0. The number of urea groups is 1. The van der Waals surface area contributed by atoms with Crippen LogP contribution < -0.4 is 10.2 Å². The maximum Gasteiger partial charge on any atom is 0.332 e. The Morgan fingerprint density at radius 1 is 1.18 bits per heavy atom. The zero-order valence-corrected chi connectivity index (χ0v) is 19.0. The molecule has 3 aliphatic rings. The first-order valence-electron chi connectivity index (χ1n) is 11.7. The summed E-state index contributed by atoms with van der Waals surface area (Å²) in [5.41, 5.74) is 2.68. The highest BCUT2D eigenvalue weighted by Gasteiger charge is 2.59. The maximum absolute atomic E-state index is 13.7. The number of nitrogens with one attached hydrogen (secondary N) is 2. The molecule has 2 atom stereocenters. The molecule has 4 amide bonds. The summed E-state index contributed by atoms with van der Waals surface area (Å²) in [6.45, 7) is 3.50. The van der Waals surface area contributed by atoms with Gasteiger partial charge in [-0.1, -0.05) is 18.2 Å². The number of hydrogen-bond donors (Lipinski definition) is 2. The van der Waals surface area contributed by atoms with Crippen molar-refractivity contribution in [2.75, 3.05) is 24.6 Å². The molecule has 3 aliphatic heterocycles. The summed E-state index contributed by atoms with van der Waals surface area (Å²) in [5, 5.41) is 3.99. The number of para-hydroxylation sites is 1. The molecule has 1 aromatic heterocycles. The first-order valence-corrected chi connectivity index (χ1v) is 11.7. The number of imide groups is 1. The van der Waals surface area contributed by atoms with E-state index in [1.54, 1.807) is 29.2 Å². The van der Waals surface area contributed by atoms with Crippen molar-refractivity contribution in [2.24, 2.45) is 0 Å². The minimum atomic E-state index is -1.10. The van der Waals surface area contributed by atoms with Gasteiger partial charge in [0.2, 0.25) is 0 Å². The third kappa shape index (κ3) is 2.98. The third-order valence-electron chi connectivity index (χ3n) is 7.37. The Balaban J connectivity index is 1.27. The average Bonchev–Trinajstić information content (AvgIpc) is 3.55. The largest absolute Gasteiger partial charge is 0.376 e. The summed E-state index contributed by atoms with van der Waals surface area (Å²) >= 11 is 0. The van der Waals surface area contributed by atoms with Crippen LogP contribution in [0, 0.1) is 0 Å². The molecule has 2 unspecified atom stereocenters. The van der Waals surface area contributed by atoms with Crippen LogP contribution in [-0.4, -0.2) is 53.5 Å². The lowest BCUT2D eigenvalue weighted by atomic mass is 9.87. The summed E-state index contributed by atoms with van der Waals surface area (Å²) in [5.74, 6) is -0.492. The van der Waals surface area contributed by atoms with Gasteiger partial charge in [0.05, 0.1) is 17.5 Å². The minimum Gasteiger partial charge on any atom is -0.376 e. The first kappa shape index (κ1) is 20.9. The molecule has 3 aromatic rings. The summed E-state index contributed by atoms with van der Waals surface area (Å²) in [6, 6.07) is 14.2. The van der Waals surface area contributed by atoms with Gasteiger partial charge in [0.1, 0.15) is 0 Å². The molecular formula is C26H26N4O4. The van der Waals surface area contributed by atoms with Crippen LogP contribution >= 0.6 is 0 Å². The van der Waals surface area contributed by atoms with E-state index in [9.17, 15) is 14.4 Å². The van der Waals surface area contributed by atoms with Crippen molar-refractivity contribution in [1.29, 1.82) is 0 Å². The van der Waals surface area contributed by atoms with Gasteiger partial charge in [0, 0.05) is 36.2 Å². The lowest BCUT2D eigenvalue weighted by Crippen LogP contribution is -2.49. The summed E-state index contributed by atoms with van der Waals surface area (Å²) < 4.78 is 5.55. The predicted molar refractivity (Wildman–Crippen MR) is 127 cm³/mol. The van der Waals surface area contributed by atoms with Crippen LogP contribution in [0.4, 0.5) is 10.5 Å². The van der Waals surface area contributed by atoms with Gasteiger partial charge < -0.3 is 19.9 Å². The van der Waals surface area contributed by atoms with Crippen LogP contribution in [0.2, 0.25) is 0 Å². The quantitative estimate of drug-likeness (QED) is 0.587. The average molecular weight is 459 g/mol. The van der Waals surface area contributed by atoms with Gasteiger partial charge in [-0.25, -0.2) is 9.69 Å². The number of anilines is 1. The molecule has 4 heterocycles. The Labute approximate surface area is 196 Å². The van der Waals surface area contributed by atoms with Gasteiger partial charge in [-0.2, -0.15) is 0 Å². The minimum absolute atomic E-state index is 0.0655. The predicted octanol–water partition coefficient (Wildman–Crippen LogP) is 3.32. The van der Waals surface area contributed by atoms with E-state index in [0.717, 1.165) is 41.6 Å². The van der Waals surface area contributed by atoms with Crippen LogP contribution in [0.5, 0.6) is 0 Å². The van der Waals surface area contributed by atoms with E-state index in [1.807, 2.05) is 31.2 Å². The molecule has 0 spiro atoms. The van der Waals surface area contributed by atoms with Gasteiger partial charge in [-0.05, 0) is 62.1 Å². The van der Waals surface area contributed by atoms with E-state index in [1.165, 1.54) is 4.90 Å². The van der Waals surface area contributed by atoms with Gasteiger partial charge in [0.25, 0.3) is 11.8 Å². The number of aromatic nitrogens is 1. The topological polar surface area (TPSA) is 94.7 Å². The van der Waals surface area contributed by atoms with Gasteiger partial charge in [-0.3, -0.25) is 9.59 Å². The van der Waals surface area contributed by atoms with Crippen LogP contribution in [0.15, 0.2) is 48.5 Å². The highest BCUT2D eigenvalue weighted by atomic mass is 16.5. The van der Waals surface area contributed by atoms with Crippen molar-refractivity contribution in [2.45, 2.75) is 37.8 Å². The number of H-pyrrole nitrogens is 1. The first-order chi connectivity index (χ1) is 16.5. The van der Waals surface area contributed by atoms with Crippen LogP contribution in [0.25, 0.3) is 10.9 Å². The molecule has 2 saturated heterocycles. The summed E-state index contributed by atoms with van der Waals surface area (Å²) in [6.07, 6.45) is 2.72. The van der Waals surface area contributed by atoms with Crippen LogP contribution in [0.3, 0.4) is 0 Å². The van der Waals surface area contributed by atoms with Crippen molar-refractivity contribution in [3.63, 3.8) is 0 Å². The number of nitrogens with zero attached hydrogens (tertiary/aromatic N) is 2. The SMILES string of the molecule is CC12C(=O)N(c3ccc(C(=O)NCC4CCCO4)cc3)C(=O)N1CCc1c2[nH]c2ccccc12. The molecule has 2 N–H and O–H groups in total. The molecule has 8 nitrogen and oxygen atoms in total. The van der Waals surface area contributed by atoms with Crippen molar-refractivity contribution >= 4 is 34.4 Å². The fraction of sp³-hybridized carbons (Fsp3) is 0.346. The fourth-order valence-corrected chi connectivity index (χ4v) is 5.50. The van der Waals surface area contributed by atoms with E-state index in [2.05, 4.69) is 10.3 Å². The molecule has 2 aromatic carbocycles. The number of benzene rings is 2. The van der Waals surface area contributed by atoms with Crippen LogP contribution in [-0.2, 0) is 21.5 Å². The lowest BCUT2D eigenvalue weighted by molar-refractivity contribution is -0.125. The van der Waals surface area contributed by atoms with Crippen molar-refractivity contribution in [3.8, 4) is 0 Å². The fourth-order valence-electron chi connectivity index (χ4n) is 5.50. The number of amides is 4. The zero-order chi connectivity index (χ0) is 23.4. The molecule has 2 fully saturated rings. The van der Waals surface area contributed by atoms with Gasteiger partial charge in [-0.15, -0.1) is 0 Å². The second-order valence-corrected chi connectivity index (χ2v) is 9.31. The zero-order valence-electron chi connectivity index (χ0n) is 19.0. The maximum atomic E-state index is 13.7. The molecule has 0 saturated carbocycles. The lowest BCUT2D eigenvalue weighted by Gasteiger charge is -2.35. The molecule has 34 heavy (non-hydrogen) atoms. The van der Waals surface area contributed by atoms with E-state index < -0.39 is 5.54 Å². The van der Waals surface area contributed by atoms with Crippen molar-refractivity contribution in [1.82, 2.24) is 15.2 Å². The Morgan fingerprint density at radius 2 is 1.97 bits per heavy atom. The Kier molecular flexibility index (Phi) is 4.74. The number of aromatic amines is 1. The summed E-state index contributed by atoms with van der Waals surface area (Å²) in [4.78, 5) is 45.9. The number of rotatable bonds is 4. The van der Waals surface area contributed by atoms with E-state index in [4.69, 9.17) is 4.74 Å². The number of hydrogen-bond acceptors (Lipinski definition) is 4. The highest BCUT2D eigenvalue weighted by Crippen LogP contribution is 2.45. The Bertz CT molecular complexity index is 1310. The van der Waals surface area contributed by atoms with E-state index in [0.29, 0.717) is 30.8 Å². The van der Waals surface area contributed by atoms with E-state index in [-0.39, 0.29) is 23.9 Å². The number of carbonyl (C=O) groups is 3. The number of carbonyl (C=O) groups excluding carboxylic acids is 3. The van der Waals surface area contributed by atoms with Crippen LogP contribution in [0.1, 0.15) is 41.4 Å². The van der Waals surface area contributed by atoms with E-state index >= 15 is 0 Å². The number of ether oxygens (including phenoxy) is 1. The molecule has 6 rings (SSSR count). The van der Waals surface area contributed by atoms with Crippen molar-refractivity contribution in [3.05, 3.63) is 65.4 Å².